The molecule has 5 nitrogen and oxygen atoms in total. The molecule has 1 N–H and O–H groups in total. The van der Waals surface area contributed by atoms with Gasteiger partial charge in [-0.05, 0) is 68.1 Å². The Morgan fingerprint density at radius 1 is 1.13 bits per heavy atom. The van der Waals surface area contributed by atoms with Crippen LogP contribution in [0.15, 0.2) is 29.6 Å². The van der Waals surface area contributed by atoms with E-state index >= 15 is 0 Å². The first-order valence-corrected chi connectivity index (χ1v) is 12.3. The predicted octanol–water partition coefficient (Wildman–Crippen LogP) is 4.24. The molecule has 2 aliphatic heterocycles. The van der Waals surface area contributed by atoms with Gasteiger partial charge in [0.2, 0.25) is 0 Å². The molecule has 3 heterocycles. The van der Waals surface area contributed by atoms with E-state index in [1.165, 1.54) is 67.8 Å². The summed E-state index contributed by atoms with van der Waals surface area (Å²) in [5.74, 6) is 0.836. The minimum absolute atomic E-state index is 0.0501. The number of benzene rings is 1. The van der Waals surface area contributed by atoms with E-state index in [0.717, 1.165) is 18.8 Å². The van der Waals surface area contributed by atoms with Crippen molar-refractivity contribution in [2.45, 2.75) is 38.1 Å². The number of anilines is 1. The molecule has 0 atom stereocenters. The third-order valence-corrected chi connectivity index (χ3v) is 8.30. The second kappa shape index (κ2) is 8.04. The molecule has 0 unspecified atom stereocenters. The molecule has 30 heavy (non-hydrogen) atoms. The molecule has 5 rings (SSSR count). The first-order chi connectivity index (χ1) is 14.5. The van der Waals surface area contributed by atoms with Gasteiger partial charge in [0.25, 0.3) is 0 Å². The average Bonchev–Trinajstić information content (AvgIpc) is 3.16. The van der Waals surface area contributed by atoms with E-state index in [4.69, 9.17) is 0 Å². The quantitative estimate of drug-likeness (QED) is 0.777. The van der Waals surface area contributed by atoms with Gasteiger partial charge >= 0.3 is 6.03 Å². The molecule has 6 heteroatoms. The van der Waals surface area contributed by atoms with Crippen molar-refractivity contribution in [1.82, 2.24) is 15.1 Å². The molecule has 1 aromatic carbocycles. The minimum Gasteiger partial charge on any atom is -0.370 e. The number of thiophene rings is 1. The summed E-state index contributed by atoms with van der Waals surface area (Å²) >= 11 is 1.84. The molecule has 2 amide bonds. The van der Waals surface area contributed by atoms with Crippen LogP contribution < -0.4 is 10.2 Å². The van der Waals surface area contributed by atoms with E-state index in [-0.39, 0.29) is 6.03 Å². The van der Waals surface area contributed by atoms with Gasteiger partial charge in [-0.15, -0.1) is 11.3 Å². The van der Waals surface area contributed by atoms with E-state index in [2.05, 4.69) is 44.8 Å². The van der Waals surface area contributed by atoms with Crippen LogP contribution in [0.3, 0.4) is 0 Å². The highest BCUT2D eigenvalue weighted by atomic mass is 32.1. The summed E-state index contributed by atoms with van der Waals surface area (Å²) in [6.07, 6.45) is 6.11. The lowest BCUT2D eigenvalue weighted by atomic mass is 9.72. The number of fused-ring (bicyclic) bond motifs is 1. The monoisotopic (exact) mass is 426 g/mol. The second-order valence-electron chi connectivity index (χ2n) is 10.0. The van der Waals surface area contributed by atoms with Crippen LogP contribution in [0.25, 0.3) is 10.1 Å². The Morgan fingerprint density at radius 3 is 2.63 bits per heavy atom. The third-order valence-electron chi connectivity index (χ3n) is 7.42. The Hall–Kier alpha value is -1.79. The summed E-state index contributed by atoms with van der Waals surface area (Å²) < 4.78 is 1.40. The third kappa shape index (κ3) is 3.92. The number of amides is 2. The highest BCUT2D eigenvalue weighted by Crippen LogP contribution is 2.44. The fraction of sp³-hybridized carbons (Fsp3) is 0.625. The fourth-order valence-corrected chi connectivity index (χ4v) is 6.52. The maximum atomic E-state index is 11.8. The smallest absolute Gasteiger partial charge is 0.317 e. The zero-order chi connectivity index (χ0) is 20.7. The van der Waals surface area contributed by atoms with E-state index in [1.807, 2.05) is 25.4 Å². The van der Waals surface area contributed by atoms with Gasteiger partial charge in [-0.3, -0.25) is 0 Å². The number of likely N-dealkylation sites (tertiary alicyclic amines) is 1. The lowest BCUT2D eigenvalue weighted by Gasteiger charge is -2.61. The van der Waals surface area contributed by atoms with Gasteiger partial charge in [-0.1, -0.05) is 6.07 Å². The zero-order valence-electron chi connectivity index (χ0n) is 18.3. The van der Waals surface area contributed by atoms with Crippen LogP contribution in [0.2, 0.25) is 0 Å². The summed E-state index contributed by atoms with van der Waals surface area (Å²) in [6, 6.07) is 9.41. The number of nitrogens with one attached hydrogen (secondary N) is 1. The van der Waals surface area contributed by atoms with Gasteiger partial charge in [0.1, 0.15) is 0 Å². The van der Waals surface area contributed by atoms with Crippen LogP contribution in [-0.2, 0) is 0 Å². The normalized spacial score (nSPS) is 25.7. The van der Waals surface area contributed by atoms with Gasteiger partial charge < -0.3 is 20.0 Å². The van der Waals surface area contributed by atoms with Crippen molar-refractivity contribution in [3.8, 4) is 0 Å². The van der Waals surface area contributed by atoms with E-state index in [1.54, 1.807) is 4.90 Å². The molecule has 1 aromatic heterocycles. The SMILES string of the molecule is CN(C)C(=O)NC1CCC(CCN2CC3(C2)CN(c2cccc4sccc24)C3)CC1. The van der Waals surface area contributed by atoms with Crippen molar-refractivity contribution in [2.75, 3.05) is 51.7 Å². The van der Waals surface area contributed by atoms with E-state index < -0.39 is 0 Å². The first kappa shape index (κ1) is 20.1. The summed E-state index contributed by atoms with van der Waals surface area (Å²) in [6.45, 7) is 6.24. The maximum Gasteiger partial charge on any atom is 0.317 e. The molecular weight excluding hydrogens is 392 g/mol. The Labute approximate surface area is 184 Å². The second-order valence-corrected chi connectivity index (χ2v) is 11.0. The first-order valence-electron chi connectivity index (χ1n) is 11.4. The number of rotatable bonds is 5. The van der Waals surface area contributed by atoms with Gasteiger partial charge in [0.15, 0.2) is 0 Å². The molecule has 1 aliphatic carbocycles. The number of hydrogen-bond donors (Lipinski definition) is 1. The van der Waals surface area contributed by atoms with Crippen LogP contribution in [0.1, 0.15) is 32.1 Å². The Balaban J connectivity index is 1.02. The van der Waals surface area contributed by atoms with E-state index in [0.29, 0.717) is 11.5 Å². The summed E-state index contributed by atoms with van der Waals surface area (Å²) in [4.78, 5) is 18.7. The van der Waals surface area contributed by atoms with Gasteiger partial charge in [-0.25, -0.2) is 4.79 Å². The van der Waals surface area contributed by atoms with Crippen LogP contribution >= 0.6 is 11.3 Å². The minimum atomic E-state index is 0.0501. The van der Waals surface area contributed by atoms with Gasteiger partial charge in [-0.2, -0.15) is 0 Å². The van der Waals surface area contributed by atoms with Crippen molar-refractivity contribution in [3.63, 3.8) is 0 Å². The fourth-order valence-electron chi connectivity index (χ4n) is 5.71. The largest absolute Gasteiger partial charge is 0.370 e. The maximum absolute atomic E-state index is 11.8. The van der Waals surface area contributed by atoms with Crippen molar-refractivity contribution < 1.29 is 4.79 Å². The van der Waals surface area contributed by atoms with Crippen molar-refractivity contribution in [3.05, 3.63) is 29.6 Å². The number of nitrogens with zero attached hydrogens (tertiary/aromatic N) is 3. The summed E-state index contributed by atoms with van der Waals surface area (Å²) in [5.41, 5.74) is 1.97. The molecule has 0 radical (unpaired) electrons. The Morgan fingerprint density at radius 2 is 1.90 bits per heavy atom. The number of carbonyl (C=O) groups excluding carboxylic acids is 1. The summed E-state index contributed by atoms with van der Waals surface area (Å²) in [7, 11) is 3.62. The van der Waals surface area contributed by atoms with Crippen LogP contribution in [0, 0.1) is 11.3 Å². The van der Waals surface area contributed by atoms with Crippen molar-refractivity contribution in [1.29, 1.82) is 0 Å². The summed E-state index contributed by atoms with van der Waals surface area (Å²) in [5, 5.41) is 6.78. The van der Waals surface area contributed by atoms with Crippen LogP contribution in [-0.4, -0.2) is 68.7 Å². The number of carbonyl (C=O) groups is 1. The lowest BCUT2D eigenvalue weighted by molar-refractivity contribution is -0.0251. The molecule has 162 valence electrons. The lowest BCUT2D eigenvalue weighted by Crippen LogP contribution is -2.72. The van der Waals surface area contributed by atoms with E-state index in [9.17, 15) is 4.79 Å². The zero-order valence-corrected chi connectivity index (χ0v) is 19.1. The predicted molar refractivity (Wildman–Crippen MR) is 125 cm³/mol. The molecule has 3 fully saturated rings. The number of hydrogen-bond acceptors (Lipinski definition) is 4. The molecular formula is C24H34N4OS. The van der Waals surface area contributed by atoms with Gasteiger partial charge in [0.05, 0.1) is 0 Å². The number of urea groups is 1. The molecule has 3 aliphatic rings. The van der Waals surface area contributed by atoms with Crippen LogP contribution in [0.4, 0.5) is 10.5 Å². The molecule has 0 bridgehead atoms. The standard InChI is InChI=1S/C24H34N4OS/c1-26(2)23(29)25-19-8-6-18(7-9-19)10-12-27-14-24(15-27)16-28(17-24)21-4-3-5-22-20(21)11-13-30-22/h3-5,11,13,18-19H,6-10,12,14-17H2,1-2H3,(H,25,29). The molecule has 2 saturated heterocycles. The Kier molecular flexibility index (Phi) is 5.40. The Bertz CT molecular complexity index is 887. The molecule has 1 spiro atoms. The molecule has 1 saturated carbocycles. The van der Waals surface area contributed by atoms with Crippen LogP contribution in [0.5, 0.6) is 0 Å². The highest BCUT2D eigenvalue weighted by molar-refractivity contribution is 7.17. The van der Waals surface area contributed by atoms with Gasteiger partial charge in [0, 0.05) is 67.5 Å². The van der Waals surface area contributed by atoms with Crippen molar-refractivity contribution >= 4 is 33.1 Å². The topological polar surface area (TPSA) is 38.8 Å². The van der Waals surface area contributed by atoms with Crippen molar-refractivity contribution in [2.24, 2.45) is 11.3 Å². The highest BCUT2D eigenvalue weighted by Gasteiger charge is 2.51. The molecule has 2 aromatic rings. The average molecular weight is 427 g/mol.